The Kier molecular flexibility index (Phi) is 3.28. The van der Waals surface area contributed by atoms with E-state index in [0.29, 0.717) is 0 Å². The van der Waals surface area contributed by atoms with Crippen molar-refractivity contribution >= 4 is 0 Å². The zero-order chi connectivity index (χ0) is 5.98. The van der Waals surface area contributed by atoms with E-state index in [4.69, 9.17) is 10.2 Å². The number of rotatable bonds is 0. The van der Waals surface area contributed by atoms with Gasteiger partial charge in [0.2, 0.25) is 0 Å². The van der Waals surface area contributed by atoms with E-state index in [1.165, 1.54) is 24.3 Å². The SMILES string of the molecule is Oc1ccc(O)cc1.[Ir]. The minimum absolute atomic E-state index is 0. The van der Waals surface area contributed by atoms with Crippen LogP contribution in [-0.4, -0.2) is 10.2 Å². The van der Waals surface area contributed by atoms with Gasteiger partial charge in [-0.3, -0.25) is 0 Å². The predicted octanol–water partition coefficient (Wildman–Crippen LogP) is 1.10. The van der Waals surface area contributed by atoms with Crippen molar-refractivity contribution in [2.24, 2.45) is 0 Å². The van der Waals surface area contributed by atoms with Crippen molar-refractivity contribution in [1.29, 1.82) is 0 Å². The Bertz CT molecular complexity index is 150. The average Bonchev–Trinajstić information content (AvgIpc) is 1.77. The van der Waals surface area contributed by atoms with Gasteiger partial charge in [-0.15, -0.1) is 0 Å². The number of hydrogen-bond donors (Lipinski definition) is 2. The molecular weight excluding hydrogens is 296 g/mol. The summed E-state index contributed by atoms with van der Waals surface area (Å²) in [5, 5.41) is 17.3. The van der Waals surface area contributed by atoms with Gasteiger partial charge >= 0.3 is 0 Å². The monoisotopic (exact) mass is 303 g/mol. The van der Waals surface area contributed by atoms with Gasteiger partial charge in [0.15, 0.2) is 0 Å². The van der Waals surface area contributed by atoms with Gasteiger partial charge < -0.3 is 10.2 Å². The topological polar surface area (TPSA) is 40.5 Å². The van der Waals surface area contributed by atoms with Gasteiger partial charge in [0.1, 0.15) is 11.5 Å². The fourth-order valence-electron chi connectivity index (χ4n) is 0.453. The summed E-state index contributed by atoms with van der Waals surface area (Å²) < 4.78 is 0. The third kappa shape index (κ3) is 2.49. The molecule has 2 nitrogen and oxygen atoms in total. The summed E-state index contributed by atoms with van der Waals surface area (Å²) in [4.78, 5) is 0. The van der Waals surface area contributed by atoms with Crippen molar-refractivity contribution in [2.75, 3.05) is 0 Å². The van der Waals surface area contributed by atoms with E-state index >= 15 is 0 Å². The summed E-state index contributed by atoms with van der Waals surface area (Å²) in [6.45, 7) is 0. The smallest absolute Gasteiger partial charge is 0.115 e. The summed E-state index contributed by atoms with van der Waals surface area (Å²) in [5.41, 5.74) is 0. The zero-order valence-corrected chi connectivity index (χ0v) is 6.93. The molecule has 2 N–H and O–H groups in total. The molecule has 1 rings (SSSR count). The first-order chi connectivity index (χ1) is 3.79. The number of hydrogen-bond acceptors (Lipinski definition) is 2. The second kappa shape index (κ2) is 3.49. The Hall–Kier alpha value is -0.531. The van der Waals surface area contributed by atoms with E-state index in [1.54, 1.807) is 0 Å². The molecule has 0 bridgehead atoms. The average molecular weight is 302 g/mol. The fraction of sp³-hybridized carbons (Fsp3) is 0. The van der Waals surface area contributed by atoms with Crippen molar-refractivity contribution in [3.05, 3.63) is 24.3 Å². The maximum atomic E-state index is 8.65. The van der Waals surface area contributed by atoms with Gasteiger partial charge in [0.25, 0.3) is 0 Å². The standard InChI is InChI=1S/C6H6O2.Ir/c7-5-1-2-6(8)4-3-5;/h1-4,7-8H;. The fourth-order valence-corrected chi connectivity index (χ4v) is 0.453. The van der Waals surface area contributed by atoms with Crippen LogP contribution in [0.2, 0.25) is 0 Å². The molecule has 0 aliphatic carbocycles. The number of aromatic hydroxyl groups is 2. The Morgan fingerprint density at radius 3 is 1.22 bits per heavy atom. The minimum atomic E-state index is 0. The molecule has 1 aromatic carbocycles. The second-order valence-electron chi connectivity index (χ2n) is 1.52. The van der Waals surface area contributed by atoms with Crippen LogP contribution in [0.3, 0.4) is 0 Å². The van der Waals surface area contributed by atoms with E-state index in [-0.39, 0.29) is 31.6 Å². The van der Waals surface area contributed by atoms with Crippen LogP contribution < -0.4 is 0 Å². The summed E-state index contributed by atoms with van der Waals surface area (Å²) in [5.74, 6) is 0.339. The van der Waals surface area contributed by atoms with E-state index in [1.807, 2.05) is 0 Å². The molecule has 0 atom stereocenters. The first-order valence-corrected chi connectivity index (χ1v) is 2.27. The molecule has 3 heteroatoms. The molecule has 0 saturated carbocycles. The molecule has 1 aromatic rings. The van der Waals surface area contributed by atoms with Crippen LogP contribution in [0.5, 0.6) is 11.5 Å². The Morgan fingerprint density at radius 2 is 1.00 bits per heavy atom. The molecule has 0 aliphatic heterocycles. The van der Waals surface area contributed by atoms with Crippen LogP contribution in [0.15, 0.2) is 24.3 Å². The van der Waals surface area contributed by atoms with Crippen LogP contribution in [-0.2, 0) is 20.1 Å². The van der Waals surface area contributed by atoms with Crippen molar-refractivity contribution in [3.8, 4) is 11.5 Å². The van der Waals surface area contributed by atoms with Gasteiger partial charge in [0.05, 0.1) is 0 Å². The first-order valence-electron chi connectivity index (χ1n) is 2.27. The van der Waals surface area contributed by atoms with E-state index < -0.39 is 0 Å². The summed E-state index contributed by atoms with van der Waals surface area (Å²) in [6, 6.07) is 5.70. The van der Waals surface area contributed by atoms with Crippen molar-refractivity contribution < 1.29 is 30.3 Å². The molecule has 0 fully saturated rings. The van der Waals surface area contributed by atoms with Crippen molar-refractivity contribution in [3.63, 3.8) is 0 Å². The molecule has 51 valence electrons. The molecule has 0 spiro atoms. The predicted molar refractivity (Wildman–Crippen MR) is 29.8 cm³/mol. The van der Waals surface area contributed by atoms with E-state index in [0.717, 1.165) is 0 Å². The Morgan fingerprint density at radius 1 is 0.778 bits per heavy atom. The summed E-state index contributed by atoms with van der Waals surface area (Å²) in [6.07, 6.45) is 0. The molecule has 0 heterocycles. The summed E-state index contributed by atoms with van der Waals surface area (Å²) >= 11 is 0. The van der Waals surface area contributed by atoms with Gasteiger partial charge in [-0.05, 0) is 24.3 Å². The molecule has 0 aliphatic rings. The van der Waals surface area contributed by atoms with Crippen LogP contribution in [0.25, 0.3) is 0 Å². The maximum Gasteiger partial charge on any atom is 0.115 e. The molecule has 9 heavy (non-hydrogen) atoms. The maximum absolute atomic E-state index is 8.65. The quantitative estimate of drug-likeness (QED) is 0.705. The third-order valence-electron chi connectivity index (χ3n) is 0.850. The Labute approximate surface area is 66.5 Å². The molecular formula is C6H6IrO2. The van der Waals surface area contributed by atoms with Crippen molar-refractivity contribution in [2.45, 2.75) is 0 Å². The van der Waals surface area contributed by atoms with Gasteiger partial charge in [-0.1, -0.05) is 0 Å². The number of phenols is 2. The minimum Gasteiger partial charge on any atom is -0.508 e. The van der Waals surface area contributed by atoms with E-state index in [9.17, 15) is 0 Å². The van der Waals surface area contributed by atoms with Gasteiger partial charge in [-0.2, -0.15) is 0 Å². The van der Waals surface area contributed by atoms with Crippen LogP contribution >= 0.6 is 0 Å². The number of phenolic OH excluding ortho intramolecular Hbond substituents is 2. The third-order valence-corrected chi connectivity index (χ3v) is 0.850. The van der Waals surface area contributed by atoms with Gasteiger partial charge in [0, 0.05) is 20.1 Å². The van der Waals surface area contributed by atoms with E-state index in [2.05, 4.69) is 0 Å². The van der Waals surface area contributed by atoms with Crippen LogP contribution in [0.4, 0.5) is 0 Å². The first kappa shape index (κ1) is 8.47. The normalized spacial score (nSPS) is 8.00. The summed E-state index contributed by atoms with van der Waals surface area (Å²) in [7, 11) is 0. The Balaban J connectivity index is 0.000000640. The van der Waals surface area contributed by atoms with Crippen LogP contribution in [0.1, 0.15) is 0 Å². The molecule has 0 unspecified atom stereocenters. The van der Waals surface area contributed by atoms with Crippen LogP contribution in [0, 0.1) is 0 Å². The molecule has 1 radical (unpaired) electrons. The largest absolute Gasteiger partial charge is 0.508 e. The molecule has 0 saturated heterocycles. The molecule has 0 amide bonds. The second-order valence-corrected chi connectivity index (χ2v) is 1.52. The number of benzene rings is 1. The zero-order valence-electron chi connectivity index (χ0n) is 4.54. The van der Waals surface area contributed by atoms with Crippen molar-refractivity contribution in [1.82, 2.24) is 0 Å². The van der Waals surface area contributed by atoms with Gasteiger partial charge in [-0.25, -0.2) is 0 Å². The molecule has 0 aromatic heterocycles.